The number of ether oxygens (including phenoxy) is 2. The topological polar surface area (TPSA) is 18.5 Å². The summed E-state index contributed by atoms with van der Waals surface area (Å²) in [6, 6.07) is 1.99. The molecule has 0 N–H and O–H groups in total. The van der Waals surface area contributed by atoms with Crippen molar-refractivity contribution in [2.75, 3.05) is 6.61 Å². The van der Waals surface area contributed by atoms with Gasteiger partial charge in [0, 0.05) is 18.1 Å². The van der Waals surface area contributed by atoms with E-state index in [0.29, 0.717) is 18.9 Å². The summed E-state index contributed by atoms with van der Waals surface area (Å²) in [5.74, 6) is -10.3. The van der Waals surface area contributed by atoms with Crippen LogP contribution in [-0.2, 0) is 10.8 Å². The Morgan fingerprint density at radius 2 is 1.57 bits per heavy atom. The summed E-state index contributed by atoms with van der Waals surface area (Å²) in [6.07, 6.45) is -3.39. The maximum Gasteiger partial charge on any atom is 0.429 e. The number of benzene rings is 2. The lowest BCUT2D eigenvalue weighted by Crippen LogP contribution is -2.26. The van der Waals surface area contributed by atoms with Crippen molar-refractivity contribution in [1.82, 2.24) is 0 Å². The SMILES string of the molecule is CC1CCC(c2ccc(C(F)(F)Oc3cc(F)c(F)c(F)c3)c(F)c2F)CO1. The molecule has 1 heterocycles. The largest absolute Gasteiger partial charge is 0.429 e. The Labute approximate surface area is 155 Å². The molecule has 2 nitrogen and oxygen atoms in total. The first-order valence-electron chi connectivity index (χ1n) is 8.41. The second-order valence-corrected chi connectivity index (χ2v) is 6.57. The average molecular weight is 408 g/mol. The number of rotatable bonds is 4. The van der Waals surface area contributed by atoms with Gasteiger partial charge in [-0.25, -0.2) is 22.0 Å². The van der Waals surface area contributed by atoms with Gasteiger partial charge in [-0.1, -0.05) is 6.07 Å². The van der Waals surface area contributed by atoms with Gasteiger partial charge >= 0.3 is 6.11 Å². The molecule has 2 aromatic carbocycles. The molecule has 1 saturated heterocycles. The maximum absolute atomic E-state index is 14.4. The first kappa shape index (κ1) is 20.4. The van der Waals surface area contributed by atoms with E-state index in [1.807, 2.05) is 6.92 Å². The van der Waals surface area contributed by atoms with E-state index in [1.54, 1.807) is 0 Å². The molecule has 152 valence electrons. The molecule has 2 unspecified atom stereocenters. The van der Waals surface area contributed by atoms with Gasteiger partial charge in [-0.2, -0.15) is 8.78 Å². The van der Waals surface area contributed by atoms with Crippen molar-refractivity contribution in [1.29, 1.82) is 0 Å². The van der Waals surface area contributed by atoms with Gasteiger partial charge in [-0.05, 0) is 31.4 Å². The summed E-state index contributed by atoms with van der Waals surface area (Å²) in [6.45, 7) is 1.95. The minimum absolute atomic E-state index is 0.0299. The van der Waals surface area contributed by atoms with Crippen molar-refractivity contribution in [3.8, 4) is 5.75 Å². The molecule has 0 amide bonds. The fourth-order valence-corrected chi connectivity index (χ4v) is 3.03. The van der Waals surface area contributed by atoms with E-state index >= 15 is 0 Å². The molecular formula is C19H15F7O2. The van der Waals surface area contributed by atoms with Gasteiger partial charge in [0.05, 0.1) is 12.7 Å². The summed E-state index contributed by atoms with van der Waals surface area (Å²) in [7, 11) is 0. The smallest absolute Gasteiger partial charge is 0.429 e. The summed E-state index contributed by atoms with van der Waals surface area (Å²) < 4.78 is 106. The highest BCUT2D eigenvalue weighted by molar-refractivity contribution is 5.33. The number of halogens is 7. The van der Waals surface area contributed by atoms with Gasteiger partial charge in [0.1, 0.15) is 11.3 Å². The van der Waals surface area contributed by atoms with E-state index in [0.717, 1.165) is 6.07 Å². The normalized spacial score (nSPS) is 20.3. The van der Waals surface area contributed by atoms with Crippen LogP contribution >= 0.6 is 0 Å². The highest BCUT2D eigenvalue weighted by Gasteiger charge is 2.40. The Kier molecular flexibility index (Phi) is 5.56. The van der Waals surface area contributed by atoms with Crippen LogP contribution in [0.4, 0.5) is 30.7 Å². The monoisotopic (exact) mass is 408 g/mol. The minimum Gasteiger partial charge on any atom is -0.429 e. The third-order valence-corrected chi connectivity index (χ3v) is 4.57. The van der Waals surface area contributed by atoms with Gasteiger partial charge in [0.25, 0.3) is 0 Å². The van der Waals surface area contributed by atoms with Crippen LogP contribution in [0.2, 0.25) is 0 Å². The fourth-order valence-electron chi connectivity index (χ4n) is 3.03. The summed E-state index contributed by atoms with van der Waals surface area (Å²) >= 11 is 0. The molecule has 0 bridgehead atoms. The molecule has 0 aromatic heterocycles. The van der Waals surface area contributed by atoms with Gasteiger partial charge in [0.15, 0.2) is 29.1 Å². The van der Waals surface area contributed by atoms with E-state index in [9.17, 15) is 30.7 Å². The van der Waals surface area contributed by atoms with E-state index in [1.165, 1.54) is 0 Å². The molecule has 2 aromatic rings. The lowest BCUT2D eigenvalue weighted by Gasteiger charge is -2.28. The molecule has 0 spiro atoms. The van der Waals surface area contributed by atoms with Crippen LogP contribution in [0, 0.1) is 29.1 Å². The zero-order valence-corrected chi connectivity index (χ0v) is 14.5. The number of alkyl halides is 2. The van der Waals surface area contributed by atoms with E-state index in [4.69, 9.17) is 4.74 Å². The van der Waals surface area contributed by atoms with Gasteiger partial charge in [-0.15, -0.1) is 0 Å². The van der Waals surface area contributed by atoms with Crippen molar-refractivity contribution in [3.63, 3.8) is 0 Å². The predicted molar refractivity (Wildman–Crippen MR) is 84.6 cm³/mol. The van der Waals surface area contributed by atoms with Crippen LogP contribution in [-0.4, -0.2) is 12.7 Å². The molecule has 2 atom stereocenters. The third-order valence-electron chi connectivity index (χ3n) is 4.57. The molecule has 1 fully saturated rings. The maximum atomic E-state index is 14.4. The molecular weight excluding hydrogens is 393 g/mol. The Morgan fingerprint density at radius 3 is 2.14 bits per heavy atom. The first-order valence-corrected chi connectivity index (χ1v) is 8.41. The summed E-state index contributed by atoms with van der Waals surface area (Å²) in [5, 5.41) is 0. The second-order valence-electron chi connectivity index (χ2n) is 6.57. The molecule has 1 aliphatic rings. The third kappa shape index (κ3) is 3.94. The molecule has 9 heteroatoms. The Balaban J connectivity index is 1.89. The molecule has 3 rings (SSSR count). The van der Waals surface area contributed by atoms with Crippen LogP contribution < -0.4 is 4.74 Å². The molecule has 0 radical (unpaired) electrons. The van der Waals surface area contributed by atoms with Crippen molar-refractivity contribution in [3.05, 3.63) is 64.5 Å². The van der Waals surface area contributed by atoms with Gasteiger partial charge < -0.3 is 9.47 Å². The average Bonchev–Trinajstić information content (AvgIpc) is 2.62. The second kappa shape index (κ2) is 7.62. The molecule has 1 aliphatic heterocycles. The van der Waals surface area contributed by atoms with Crippen molar-refractivity contribution in [2.45, 2.75) is 37.9 Å². The van der Waals surface area contributed by atoms with E-state index in [-0.39, 0.29) is 30.4 Å². The molecule has 0 aliphatic carbocycles. The van der Waals surface area contributed by atoms with E-state index in [2.05, 4.69) is 4.74 Å². The predicted octanol–water partition coefficient (Wildman–Crippen LogP) is 5.79. The highest BCUT2D eigenvalue weighted by Crippen LogP contribution is 2.38. The number of hydrogen-bond acceptors (Lipinski definition) is 2. The lowest BCUT2D eigenvalue weighted by molar-refractivity contribution is -0.188. The Hall–Kier alpha value is -2.29. The quantitative estimate of drug-likeness (QED) is 0.471. The van der Waals surface area contributed by atoms with Crippen LogP contribution in [0.1, 0.15) is 36.8 Å². The van der Waals surface area contributed by atoms with Crippen LogP contribution in [0.3, 0.4) is 0 Å². The molecule has 0 saturated carbocycles. The fraction of sp³-hybridized carbons (Fsp3) is 0.368. The van der Waals surface area contributed by atoms with E-state index < -0.39 is 52.4 Å². The lowest BCUT2D eigenvalue weighted by atomic mass is 9.90. The highest BCUT2D eigenvalue weighted by atomic mass is 19.3. The van der Waals surface area contributed by atoms with Crippen molar-refractivity contribution in [2.24, 2.45) is 0 Å². The summed E-state index contributed by atoms with van der Waals surface area (Å²) in [4.78, 5) is 0. The van der Waals surface area contributed by atoms with Crippen LogP contribution in [0.5, 0.6) is 5.75 Å². The van der Waals surface area contributed by atoms with Crippen molar-refractivity contribution >= 4 is 0 Å². The standard InChI is InChI=1S/C19H15F7O2/c1-9-2-3-10(8-27-9)12-4-5-13(17(23)16(12)22)19(25,26)28-11-6-14(20)18(24)15(21)7-11/h4-7,9-10H,2-3,8H2,1H3. The zero-order chi connectivity index (χ0) is 20.6. The minimum atomic E-state index is -4.46. The molecule has 28 heavy (non-hydrogen) atoms. The van der Waals surface area contributed by atoms with Crippen LogP contribution in [0.25, 0.3) is 0 Å². The number of hydrogen-bond donors (Lipinski definition) is 0. The summed E-state index contributed by atoms with van der Waals surface area (Å²) in [5.41, 5.74) is -1.56. The Morgan fingerprint density at radius 1 is 0.929 bits per heavy atom. The Bertz CT molecular complexity index is 854. The zero-order valence-electron chi connectivity index (χ0n) is 14.5. The van der Waals surface area contributed by atoms with Crippen LogP contribution in [0.15, 0.2) is 24.3 Å². The van der Waals surface area contributed by atoms with Gasteiger partial charge in [-0.3, -0.25) is 0 Å². The van der Waals surface area contributed by atoms with Crippen molar-refractivity contribution < 1.29 is 40.2 Å². The first-order chi connectivity index (χ1) is 13.1. The van der Waals surface area contributed by atoms with Gasteiger partial charge in [0.2, 0.25) is 0 Å².